The second kappa shape index (κ2) is 5.65. The minimum absolute atomic E-state index is 0.572. The minimum Gasteiger partial charge on any atom is -0.288 e. The molecule has 0 bridgehead atoms. The van der Waals surface area contributed by atoms with Crippen LogP contribution >= 0.6 is 34.3 Å². The third-order valence-electron chi connectivity index (χ3n) is 3.67. The normalized spacial score (nSPS) is 15.1. The lowest BCUT2D eigenvalue weighted by molar-refractivity contribution is 0.242. The van der Waals surface area contributed by atoms with E-state index in [2.05, 4.69) is 32.4 Å². The van der Waals surface area contributed by atoms with Gasteiger partial charge in [0.15, 0.2) is 0 Å². The van der Waals surface area contributed by atoms with E-state index < -0.39 is 0 Å². The Kier molecular flexibility index (Phi) is 3.67. The Balaban J connectivity index is 1.58. The second-order valence-electron chi connectivity index (χ2n) is 5.29. The molecule has 0 amide bonds. The fraction of sp³-hybridized carbons (Fsp3) is 0.333. The molecular weight excluding hydrogens is 322 g/mol. The molecule has 108 valence electrons. The first kappa shape index (κ1) is 13.6. The highest BCUT2D eigenvalue weighted by molar-refractivity contribution is 7.16. The molecule has 0 unspecified atom stereocenters. The predicted octanol–water partition coefficient (Wildman–Crippen LogP) is 4.57. The second-order valence-corrected chi connectivity index (χ2v) is 7.57. The molecule has 4 rings (SSSR count). The average Bonchev–Trinajstić information content (AvgIpc) is 2.98. The Morgan fingerprint density at radius 2 is 2.05 bits per heavy atom. The molecule has 1 fully saturated rings. The third kappa shape index (κ3) is 2.97. The van der Waals surface area contributed by atoms with Gasteiger partial charge in [-0.3, -0.25) is 4.90 Å². The van der Waals surface area contributed by atoms with Crippen LogP contribution in [0.4, 0.5) is 0 Å². The van der Waals surface area contributed by atoms with Crippen molar-refractivity contribution in [3.8, 4) is 0 Å². The monoisotopic (exact) mass is 335 g/mol. The molecule has 0 N–H and O–H groups in total. The SMILES string of the molecule is Clc1nc(CN(Cc2cccs2)C2CC2)nc2sccc12. The summed E-state index contributed by atoms with van der Waals surface area (Å²) in [4.78, 5) is 14.0. The Morgan fingerprint density at radius 3 is 2.81 bits per heavy atom. The maximum absolute atomic E-state index is 6.26. The van der Waals surface area contributed by atoms with Crippen LogP contribution in [-0.2, 0) is 13.1 Å². The molecule has 3 aromatic heterocycles. The van der Waals surface area contributed by atoms with Crippen LogP contribution in [0.2, 0.25) is 5.15 Å². The molecule has 6 heteroatoms. The van der Waals surface area contributed by atoms with E-state index in [1.165, 1.54) is 17.7 Å². The molecule has 1 saturated carbocycles. The van der Waals surface area contributed by atoms with Gasteiger partial charge in [0.25, 0.3) is 0 Å². The molecule has 3 heterocycles. The zero-order valence-corrected chi connectivity index (χ0v) is 13.7. The van der Waals surface area contributed by atoms with Gasteiger partial charge >= 0.3 is 0 Å². The first-order valence-corrected chi connectivity index (χ1v) is 9.09. The molecule has 0 aliphatic heterocycles. The lowest BCUT2D eigenvalue weighted by Gasteiger charge is -2.20. The van der Waals surface area contributed by atoms with Crippen molar-refractivity contribution in [2.45, 2.75) is 32.0 Å². The van der Waals surface area contributed by atoms with E-state index in [1.807, 2.05) is 22.8 Å². The molecule has 0 radical (unpaired) electrons. The Hall–Kier alpha value is -1.01. The van der Waals surface area contributed by atoms with E-state index >= 15 is 0 Å². The number of rotatable bonds is 5. The first-order valence-electron chi connectivity index (χ1n) is 6.95. The summed E-state index contributed by atoms with van der Waals surface area (Å²) in [5, 5.41) is 5.68. The van der Waals surface area contributed by atoms with Gasteiger partial charge in [-0.1, -0.05) is 17.7 Å². The smallest absolute Gasteiger partial charge is 0.145 e. The van der Waals surface area contributed by atoms with Crippen LogP contribution in [0.5, 0.6) is 0 Å². The summed E-state index contributed by atoms with van der Waals surface area (Å²) in [6.07, 6.45) is 2.56. The van der Waals surface area contributed by atoms with Gasteiger partial charge in [0.2, 0.25) is 0 Å². The molecule has 21 heavy (non-hydrogen) atoms. The molecule has 0 spiro atoms. The standard InChI is InChI=1S/C15H14ClN3S2/c16-14-12-5-7-21-15(12)18-13(17-14)9-19(10-3-4-10)8-11-2-1-6-20-11/h1-2,5-7,10H,3-4,8-9H2. The van der Waals surface area contributed by atoms with E-state index in [1.54, 1.807) is 11.3 Å². The number of nitrogens with zero attached hydrogens (tertiary/aromatic N) is 3. The zero-order chi connectivity index (χ0) is 14.2. The number of thiophene rings is 2. The van der Waals surface area contributed by atoms with E-state index in [-0.39, 0.29) is 0 Å². The molecule has 1 aliphatic rings. The number of hydrogen-bond acceptors (Lipinski definition) is 5. The van der Waals surface area contributed by atoms with Gasteiger partial charge in [-0.05, 0) is 35.7 Å². The van der Waals surface area contributed by atoms with E-state index in [4.69, 9.17) is 11.6 Å². The lowest BCUT2D eigenvalue weighted by atomic mass is 10.3. The number of fused-ring (bicyclic) bond motifs is 1. The van der Waals surface area contributed by atoms with Crippen molar-refractivity contribution in [1.82, 2.24) is 14.9 Å². The van der Waals surface area contributed by atoms with Crippen molar-refractivity contribution >= 4 is 44.5 Å². The molecule has 0 saturated heterocycles. The van der Waals surface area contributed by atoms with Crippen molar-refractivity contribution in [3.63, 3.8) is 0 Å². The van der Waals surface area contributed by atoms with Crippen LogP contribution in [0.1, 0.15) is 23.5 Å². The fourth-order valence-electron chi connectivity index (χ4n) is 2.47. The van der Waals surface area contributed by atoms with Crippen LogP contribution in [-0.4, -0.2) is 20.9 Å². The van der Waals surface area contributed by atoms with Crippen molar-refractivity contribution < 1.29 is 0 Å². The highest BCUT2D eigenvalue weighted by Gasteiger charge is 2.30. The van der Waals surface area contributed by atoms with Crippen LogP contribution in [0.15, 0.2) is 29.0 Å². The van der Waals surface area contributed by atoms with Gasteiger partial charge in [0.1, 0.15) is 15.8 Å². The summed E-state index contributed by atoms with van der Waals surface area (Å²) >= 11 is 9.69. The highest BCUT2D eigenvalue weighted by Crippen LogP contribution is 2.31. The third-order valence-corrected chi connectivity index (χ3v) is 5.63. The van der Waals surface area contributed by atoms with E-state index in [9.17, 15) is 0 Å². The Morgan fingerprint density at radius 1 is 1.14 bits per heavy atom. The van der Waals surface area contributed by atoms with Gasteiger partial charge in [0, 0.05) is 22.8 Å². The Labute approximate surface area is 136 Å². The van der Waals surface area contributed by atoms with Gasteiger partial charge in [-0.25, -0.2) is 9.97 Å². The van der Waals surface area contributed by atoms with Crippen molar-refractivity contribution in [2.24, 2.45) is 0 Å². The lowest BCUT2D eigenvalue weighted by Crippen LogP contribution is -2.25. The minimum atomic E-state index is 0.572. The van der Waals surface area contributed by atoms with Crippen molar-refractivity contribution in [1.29, 1.82) is 0 Å². The molecule has 1 aliphatic carbocycles. The van der Waals surface area contributed by atoms with Gasteiger partial charge < -0.3 is 0 Å². The first-order chi connectivity index (χ1) is 10.3. The summed E-state index contributed by atoms with van der Waals surface area (Å²) in [5.41, 5.74) is 0. The largest absolute Gasteiger partial charge is 0.288 e. The number of halogens is 1. The zero-order valence-electron chi connectivity index (χ0n) is 11.3. The molecule has 3 aromatic rings. The number of hydrogen-bond donors (Lipinski definition) is 0. The number of aromatic nitrogens is 2. The molecular formula is C15H14ClN3S2. The summed E-state index contributed by atoms with van der Waals surface area (Å²) in [6.45, 7) is 1.75. The van der Waals surface area contributed by atoms with E-state index in [0.29, 0.717) is 11.2 Å². The Bertz CT molecular complexity index is 749. The van der Waals surface area contributed by atoms with Gasteiger partial charge in [-0.15, -0.1) is 22.7 Å². The van der Waals surface area contributed by atoms with Crippen LogP contribution in [0.3, 0.4) is 0 Å². The van der Waals surface area contributed by atoms with Gasteiger partial charge in [-0.2, -0.15) is 0 Å². The molecule has 3 nitrogen and oxygen atoms in total. The van der Waals surface area contributed by atoms with Gasteiger partial charge in [0.05, 0.1) is 6.54 Å². The van der Waals surface area contributed by atoms with Crippen LogP contribution in [0.25, 0.3) is 10.2 Å². The highest BCUT2D eigenvalue weighted by atomic mass is 35.5. The van der Waals surface area contributed by atoms with Crippen LogP contribution < -0.4 is 0 Å². The molecule has 0 atom stereocenters. The van der Waals surface area contributed by atoms with Crippen molar-refractivity contribution in [2.75, 3.05) is 0 Å². The summed E-state index contributed by atoms with van der Waals surface area (Å²) < 4.78 is 0. The topological polar surface area (TPSA) is 29.0 Å². The predicted molar refractivity (Wildman–Crippen MR) is 89.0 cm³/mol. The maximum atomic E-state index is 6.26. The van der Waals surface area contributed by atoms with Crippen molar-refractivity contribution in [3.05, 3.63) is 44.8 Å². The summed E-state index contributed by atoms with van der Waals surface area (Å²) in [7, 11) is 0. The molecule has 0 aromatic carbocycles. The summed E-state index contributed by atoms with van der Waals surface area (Å²) in [5.74, 6) is 0.832. The summed E-state index contributed by atoms with van der Waals surface area (Å²) in [6, 6.07) is 6.96. The fourth-order valence-corrected chi connectivity index (χ4v) is 4.29. The maximum Gasteiger partial charge on any atom is 0.145 e. The average molecular weight is 336 g/mol. The quantitative estimate of drug-likeness (QED) is 0.639. The van der Waals surface area contributed by atoms with Crippen LogP contribution in [0, 0.1) is 0 Å². The van der Waals surface area contributed by atoms with E-state index in [0.717, 1.165) is 29.1 Å².